The van der Waals surface area contributed by atoms with Crippen LogP contribution in [0.5, 0.6) is 0 Å². The van der Waals surface area contributed by atoms with Gasteiger partial charge in [0, 0.05) is 63.8 Å². The van der Waals surface area contributed by atoms with Crippen molar-refractivity contribution in [1.29, 1.82) is 0 Å². The molecular formula is C29H34F4N4O3. The first-order valence-corrected chi connectivity index (χ1v) is 13.6. The zero-order chi connectivity index (χ0) is 28.4. The van der Waals surface area contributed by atoms with Crippen LogP contribution in [0.2, 0.25) is 0 Å². The number of fused-ring (bicyclic) bond motifs is 1. The van der Waals surface area contributed by atoms with Crippen LogP contribution in [0.4, 0.5) is 17.6 Å². The van der Waals surface area contributed by atoms with Gasteiger partial charge in [-0.25, -0.2) is 4.39 Å². The van der Waals surface area contributed by atoms with Crippen molar-refractivity contribution in [1.82, 2.24) is 19.6 Å². The zero-order valence-corrected chi connectivity index (χ0v) is 22.4. The average Bonchev–Trinajstić information content (AvgIpc) is 2.91. The molecule has 0 saturated carbocycles. The predicted octanol–water partition coefficient (Wildman–Crippen LogP) is 3.32. The number of hydrogen-bond donors (Lipinski definition) is 0. The first kappa shape index (κ1) is 28.5. The van der Waals surface area contributed by atoms with Gasteiger partial charge in [-0.1, -0.05) is 18.2 Å². The molecule has 3 fully saturated rings. The number of carbonyl (C=O) groups is 2. The fourth-order valence-corrected chi connectivity index (χ4v) is 5.90. The van der Waals surface area contributed by atoms with Crippen molar-refractivity contribution in [2.24, 2.45) is 0 Å². The molecule has 3 saturated heterocycles. The second-order valence-corrected chi connectivity index (χ2v) is 11.0. The highest BCUT2D eigenvalue weighted by Gasteiger charge is 2.39. The van der Waals surface area contributed by atoms with E-state index in [0.29, 0.717) is 19.1 Å². The van der Waals surface area contributed by atoms with Crippen LogP contribution in [0, 0.1) is 5.82 Å². The summed E-state index contributed by atoms with van der Waals surface area (Å²) < 4.78 is 58.5. The van der Waals surface area contributed by atoms with Gasteiger partial charge in [-0.3, -0.25) is 14.5 Å². The minimum Gasteiger partial charge on any atom is -0.369 e. The Morgan fingerprint density at radius 3 is 2.55 bits per heavy atom. The molecule has 3 aliphatic rings. The summed E-state index contributed by atoms with van der Waals surface area (Å²) in [5.41, 5.74) is -0.00983. The van der Waals surface area contributed by atoms with Crippen LogP contribution < -0.4 is 0 Å². The fourth-order valence-electron chi connectivity index (χ4n) is 5.90. The van der Waals surface area contributed by atoms with Crippen molar-refractivity contribution in [3.63, 3.8) is 0 Å². The van der Waals surface area contributed by atoms with Crippen molar-refractivity contribution < 1.29 is 31.9 Å². The number of piperazine rings is 1. The van der Waals surface area contributed by atoms with Gasteiger partial charge in [0.05, 0.1) is 18.2 Å². The number of morpholine rings is 1. The number of ether oxygens (including phenoxy) is 1. The summed E-state index contributed by atoms with van der Waals surface area (Å²) in [7, 11) is 1.58. The molecule has 2 aromatic carbocycles. The lowest BCUT2D eigenvalue weighted by atomic mass is 9.93. The van der Waals surface area contributed by atoms with E-state index in [9.17, 15) is 27.2 Å². The monoisotopic (exact) mass is 562 g/mol. The van der Waals surface area contributed by atoms with Gasteiger partial charge >= 0.3 is 6.18 Å². The Bertz CT molecular complexity index is 1200. The fraction of sp³-hybridized carbons (Fsp3) is 0.517. The van der Waals surface area contributed by atoms with Gasteiger partial charge in [-0.2, -0.15) is 13.2 Å². The molecule has 3 heterocycles. The summed E-state index contributed by atoms with van der Waals surface area (Å²) in [6.07, 6.45) is -3.83. The molecule has 216 valence electrons. The molecule has 0 aromatic heterocycles. The maximum atomic E-state index is 13.6. The van der Waals surface area contributed by atoms with Crippen molar-refractivity contribution in [3.05, 3.63) is 71.0 Å². The number of carbonyl (C=O) groups excluding carboxylic acids is 2. The molecule has 40 heavy (non-hydrogen) atoms. The maximum absolute atomic E-state index is 13.6. The lowest BCUT2D eigenvalue weighted by Gasteiger charge is -2.51. The molecule has 2 aromatic rings. The third kappa shape index (κ3) is 6.47. The van der Waals surface area contributed by atoms with Gasteiger partial charge in [0.15, 0.2) is 0 Å². The first-order chi connectivity index (χ1) is 19.1. The Morgan fingerprint density at radius 1 is 1.07 bits per heavy atom. The van der Waals surface area contributed by atoms with Crippen LogP contribution in [0.3, 0.4) is 0 Å². The Labute approximate surface area is 231 Å². The molecule has 0 aliphatic carbocycles. The molecule has 2 amide bonds. The molecule has 0 N–H and O–H groups in total. The smallest absolute Gasteiger partial charge is 0.369 e. The van der Waals surface area contributed by atoms with E-state index in [1.54, 1.807) is 19.2 Å². The Kier molecular flexibility index (Phi) is 8.44. The lowest BCUT2D eigenvalue weighted by molar-refractivity contribution is -0.154. The van der Waals surface area contributed by atoms with E-state index >= 15 is 0 Å². The number of benzene rings is 2. The van der Waals surface area contributed by atoms with E-state index in [0.717, 1.165) is 57.0 Å². The van der Waals surface area contributed by atoms with Gasteiger partial charge in [-0.05, 0) is 48.9 Å². The SMILES string of the molecule is CN(C[C@@H](CCN1CC(N2CCN3C(=O)COC[C@@H]3C2)C1)c1ccc(F)cc1)C(=O)c1cccc(C(F)(F)F)c1. The molecule has 0 radical (unpaired) electrons. The summed E-state index contributed by atoms with van der Waals surface area (Å²) in [5.74, 6) is -0.902. The van der Waals surface area contributed by atoms with Crippen LogP contribution in [0.25, 0.3) is 0 Å². The van der Waals surface area contributed by atoms with E-state index in [1.165, 1.54) is 29.2 Å². The predicted molar refractivity (Wildman–Crippen MR) is 140 cm³/mol. The normalized spacial score (nSPS) is 21.6. The quantitative estimate of drug-likeness (QED) is 0.463. The molecule has 5 rings (SSSR count). The number of alkyl halides is 3. The summed E-state index contributed by atoms with van der Waals surface area (Å²) in [5, 5.41) is 0. The highest BCUT2D eigenvalue weighted by molar-refractivity contribution is 5.94. The maximum Gasteiger partial charge on any atom is 0.416 e. The molecule has 3 aliphatic heterocycles. The van der Waals surface area contributed by atoms with E-state index < -0.39 is 17.6 Å². The molecule has 7 nitrogen and oxygen atoms in total. The summed E-state index contributed by atoms with van der Waals surface area (Å²) in [6.45, 7) is 5.99. The van der Waals surface area contributed by atoms with Crippen molar-refractivity contribution in [2.45, 2.75) is 30.6 Å². The second kappa shape index (κ2) is 11.8. The van der Waals surface area contributed by atoms with Crippen LogP contribution >= 0.6 is 0 Å². The first-order valence-electron chi connectivity index (χ1n) is 13.6. The molecule has 0 bridgehead atoms. The van der Waals surface area contributed by atoms with Crippen molar-refractivity contribution in [3.8, 4) is 0 Å². The molecule has 0 unspecified atom stereocenters. The highest BCUT2D eigenvalue weighted by atomic mass is 19.4. The Morgan fingerprint density at radius 2 is 1.82 bits per heavy atom. The summed E-state index contributed by atoms with van der Waals surface area (Å²) >= 11 is 0. The second-order valence-electron chi connectivity index (χ2n) is 11.0. The van der Waals surface area contributed by atoms with Crippen LogP contribution in [-0.4, -0.2) is 110 Å². The van der Waals surface area contributed by atoms with Crippen LogP contribution in [-0.2, 0) is 15.7 Å². The van der Waals surface area contributed by atoms with Gasteiger partial charge < -0.3 is 19.4 Å². The minimum atomic E-state index is -4.53. The summed E-state index contributed by atoms with van der Waals surface area (Å²) in [6, 6.07) is 11.1. The third-order valence-corrected chi connectivity index (χ3v) is 8.24. The van der Waals surface area contributed by atoms with Crippen LogP contribution in [0.1, 0.15) is 33.8 Å². The number of likely N-dealkylation sites (tertiary alicyclic amines) is 1. The Balaban J connectivity index is 1.17. The van der Waals surface area contributed by atoms with E-state index in [2.05, 4.69) is 9.80 Å². The Hall–Kier alpha value is -3.02. The number of amides is 2. The molecular weight excluding hydrogens is 528 g/mol. The van der Waals surface area contributed by atoms with Crippen molar-refractivity contribution >= 4 is 11.8 Å². The molecule has 11 heteroatoms. The highest BCUT2D eigenvalue weighted by Crippen LogP contribution is 2.30. The van der Waals surface area contributed by atoms with E-state index in [-0.39, 0.29) is 42.4 Å². The standard InChI is InChI=1S/C29H34F4N4O3/c1-34(28(39)21-3-2-4-23(13-21)29(31,32)33)14-22(20-5-7-24(30)8-6-20)9-10-35-15-25(16-35)36-11-12-37-26(17-36)18-40-19-27(37)38/h2-8,13,22,25-26H,9-12,14-19H2,1H3/t22-,26+/m1/s1. The number of halogens is 4. The number of likely N-dealkylation sites (N-methyl/N-ethyl adjacent to an activating group) is 1. The van der Waals surface area contributed by atoms with E-state index in [1.807, 2.05) is 4.90 Å². The number of hydrogen-bond acceptors (Lipinski definition) is 5. The topological polar surface area (TPSA) is 56.3 Å². The summed E-state index contributed by atoms with van der Waals surface area (Å²) in [4.78, 5) is 33.2. The number of nitrogens with zero attached hydrogens (tertiary/aromatic N) is 4. The minimum absolute atomic E-state index is 0.0223. The molecule has 2 atom stereocenters. The van der Waals surface area contributed by atoms with E-state index in [4.69, 9.17) is 4.74 Å². The van der Waals surface area contributed by atoms with Gasteiger partial charge in [0.25, 0.3) is 5.91 Å². The van der Waals surface area contributed by atoms with Gasteiger partial charge in [0.1, 0.15) is 12.4 Å². The van der Waals surface area contributed by atoms with Gasteiger partial charge in [0.2, 0.25) is 5.91 Å². The third-order valence-electron chi connectivity index (χ3n) is 8.24. The lowest BCUT2D eigenvalue weighted by Crippen LogP contribution is -2.67. The average molecular weight is 563 g/mol. The largest absolute Gasteiger partial charge is 0.416 e. The van der Waals surface area contributed by atoms with Crippen molar-refractivity contribution in [2.75, 3.05) is 66.1 Å². The van der Waals surface area contributed by atoms with Gasteiger partial charge in [-0.15, -0.1) is 0 Å². The number of rotatable bonds is 8. The molecule has 0 spiro atoms. The zero-order valence-electron chi connectivity index (χ0n) is 22.4. The van der Waals surface area contributed by atoms with Crippen LogP contribution in [0.15, 0.2) is 48.5 Å².